The number of urea groups is 1. The molecule has 0 radical (unpaired) electrons. The first kappa shape index (κ1) is 27.1. The maximum Gasteiger partial charge on any atom is 0.391 e. The van der Waals surface area contributed by atoms with Gasteiger partial charge in [-0.15, -0.1) is 0 Å². The molecule has 2 saturated heterocycles. The van der Waals surface area contributed by atoms with Crippen LogP contribution >= 0.6 is 0 Å². The van der Waals surface area contributed by atoms with E-state index >= 15 is 0 Å². The van der Waals surface area contributed by atoms with E-state index in [4.69, 9.17) is 14.2 Å². The molecule has 0 unspecified atom stereocenters. The molecule has 14 heteroatoms. The second kappa shape index (κ2) is 10.2. The van der Waals surface area contributed by atoms with Crippen molar-refractivity contribution in [1.82, 2.24) is 15.0 Å². The lowest BCUT2D eigenvalue weighted by Crippen LogP contribution is -2.48. The Morgan fingerprint density at radius 3 is 2.67 bits per heavy atom. The fourth-order valence-corrected chi connectivity index (χ4v) is 4.77. The van der Waals surface area contributed by atoms with Crippen LogP contribution in [0.4, 0.5) is 35.4 Å². The topological polar surface area (TPSA) is 119 Å². The Morgan fingerprint density at radius 1 is 1.26 bits per heavy atom. The number of carbonyl (C=O) groups is 2. The van der Waals surface area contributed by atoms with Gasteiger partial charge in [-0.05, 0) is 32.4 Å². The Labute approximate surface area is 222 Å². The zero-order valence-electron chi connectivity index (χ0n) is 21.7. The van der Waals surface area contributed by atoms with E-state index in [2.05, 4.69) is 20.3 Å². The number of pyridine rings is 1. The second-order valence-corrected chi connectivity index (χ2v) is 10.3. The molecule has 2 aromatic heterocycles. The van der Waals surface area contributed by atoms with Crippen molar-refractivity contribution in [3.63, 3.8) is 0 Å². The molecule has 3 aliphatic rings. The van der Waals surface area contributed by atoms with E-state index in [1.54, 1.807) is 6.07 Å². The van der Waals surface area contributed by atoms with Crippen LogP contribution in [0, 0.1) is 5.92 Å². The summed E-state index contributed by atoms with van der Waals surface area (Å²) in [6, 6.07) is 2.24. The summed E-state index contributed by atoms with van der Waals surface area (Å²) in [5, 5.41) is 2.64. The number of hydrogen-bond acceptors (Lipinski definition) is 9. The minimum Gasteiger partial charge on any atom is -0.488 e. The summed E-state index contributed by atoms with van der Waals surface area (Å²) in [6.07, 6.45) is -1.95. The number of halogens is 3. The first-order valence-corrected chi connectivity index (χ1v) is 12.6. The van der Waals surface area contributed by atoms with E-state index in [1.165, 1.54) is 23.4 Å². The van der Waals surface area contributed by atoms with Crippen LogP contribution in [-0.4, -0.2) is 77.2 Å². The number of nitrogens with zero attached hydrogens (tertiary/aromatic N) is 5. The van der Waals surface area contributed by atoms with Crippen molar-refractivity contribution < 1.29 is 37.0 Å². The van der Waals surface area contributed by atoms with Gasteiger partial charge < -0.3 is 19.1 Å². The number of nitrogens with one attached hydrogen (secondary N) is 1. The predicted molar refractivity (Wildman–Crippen MR) is 133 cm³/mol. The van der Waals surface area contributed by atoms with Crippen LogP contribution in [0.3, 0.4) is 0 Å². The molecule has 210 valence electrons. The third-order valence-corrected chi connectivity index (χ3v) is 6.86. The van der Waals surface area contributed by atoms with Gasteiger partial charge in [-0.1, -0.05) is 6.92 Å². The molecule has 2 fully saturated rings. The first-order chi connectivity index (χ1) is 18.4. The highest BCUT2D eigenvalue weighted by Gasteiger charge is 2.42. The van der Waals surface area contributed by atoms with Gasteiger partial charge in [0.15, 0.2) is 23.1 Å². The fourth-order valence-electron chi connectivity index (χ4n) is 4.77. The standard InChI is InChI=1S/C25H29F3N6O5/c1-14(25(26,27)28)8-20(35)18-4-5-19-21(31-18)34(15-6-7-33(19)11-15)23(36)32-22-29-9-16(10-30-22)37-12-17-13-38-24(2,3)39-17/h4-5,9-10,14-15,17H,6-8,11-13H2,1-3H3,(H,29,30,32,36)/t14-,15-,17+/m0/s1. The summed E-state index contributed by atoms with van der Waals surface area (Å²) < 4.78 is 55.8. The zero-order valence-corrected chi connectivity index (χ0v) is 21.7. The lowest BCUT2D eigenvalue weighted by atomic mass is 10.0. The largest absolute Gasteiger partial charge is 0.488 e. The molecule has 0 spiro atoms. The SMILES string of the molecule is C[C@@H](CC(=O)c1ccc2c(n1)N(C(=O)Nc1ncc(OC[C@@H]3COC(C)(C)O3)cn1)[C@H]1CCN2C1)C(F)(F)F. The molecule has 0 saturated carbocycles. The Hall–Kier alpha value is -3.52. The lowest BCUT2D eigenvalue weighted by molar-refractivity contribution is -0.168. The number of alkyl halides is 3. The quantitative estimate of drug-likeness (QED) is 0.514. The van der Waals surface area contributed by atoms with Crippen LogP contribution in [0.5, 0.6) is 5.75 Å². The van der Waals surface area contributed by atoms with E-state index in [0.717, 1.165) is 6.92 Å². The average Bonchev–Trinajstić information content (AvgIpc) is 3.45. The molecule has 11 nitrogen and oxygen atoms in total. The number of Topliss-reactive ketones (excluding diaryl/α,β-unsaturated/α-hetero) is 1. The second-order valence-electron chi connectivity index (χ2n) is 10.3. The lowest BCUT2D eigenvalue weighted by Gasteiger charge is -2.35. The first-order valence-electron chi connectivity index (χ1n) is 12.6. The molecule has 3 atom stereocenters. The van der Waals surface area contributed by atoms with Crippen LogP contribution in [-0.2, 0) is 9.47 Å². The maximum atomic E-state index is 13.3. The van der Waals surface area contributed by atoms with E-state index in [-0.39, 0.29) is 36.2 Å². The van der Waals surface area contributed by atoms with Crippen molar-refractivity contribution in [1.29, 1.82) is 0 Å². The monoisotopic (exact) mass is 550 g/mol. The zero-order chi connectivity index (χ0) is 27.9. The summed E-state index contributed by atoms with van der Waals surface area (Å²) in [6.45, 7) is 6.49. The van der Waals surface area contributed by atoms with Gasteiger partial charge >= 0.3 is 12.2 Å². The third kappa shape index (κ3) is 5.91. The van der Waals surface area contributed by atoms with E-state index in [1.807, 2.05) is 18.7 Å². The Balaban J connectivity index is 1.27. The summed E-state index contributed by atoms with van der Waals surface area (Å²) in [4.78, 5) is 42.0. The number of ketones is 1. The van der Waals surface area contributed by atoms with Gasteiger partial charge in [0.25, 0.3) is 0 Å². The molecular formula is C25H29F3N6O5. The molecule has 0 aliphatic carbocycles. The van der Waals surface area contributed by atoms with Gasteiger partial charge in [-0.2, -0.15) is 13.2 Å². The van der Waals surface area contributed by atoms with E-state index < -0.39 is 36.1 Å². The van der Waals surface area contributed by atoms with Crippen LogP contribution in [0.2, 0.25) is 0 Å². The number of fused-ring (bicyclic) bond motifs is 4. The molecule has 1 N–H and O–H groups in total. The van der Waals surface area contributed by atoms with Crippen molar-refractivity contribution in [2.24, 2.45) is 5.92 Å². The van der Waals surface area contributed by atoms with E-state index in [9.17, 15) is 22.8 Å². The van der Waals surface area contributed by atoms with Crippen molar-refractivity contribution in [3.8, 4) is 5.75 Å². The Kier molecular flexibility index (Phi) is 7.10. The highest BCUT2D eigenvalue weighted by molar-refractivity contribution is 6.04. The number of ether oxygens (including phenoxy) is 3. The predicted octanol–water partition coefficient (Wildman–Crippen LogP) is 3.80. The molecule has 5 heterocycles. The number of rotatable bonds is 7. The molecule has 2 bridgehead atoms. The van der Waals surface area contributed by atoms with Crippen LogP contribution in [0.25, 0.3) is 0 Å². The summed E-state index contributed by atoms with van der Waals surface area (Å²) in [5.41, 5.74) is 0.508. The number of anilines is 3. The third-order valence-electron chi connectivity index (χ3n) is 6.86. The molecule has 3 aliphatic heterocycles. The fraction of sp³-hybridized carbons (Fsp3) is 0.560. The molecule has 2 amide bonds. The van der Waals surface area contributed by atoms with Gasteiger partial charge in [0.1, 0.15) is 18.4 Å². The summed E-state index contributed by atoms with van der Waals surface area (Å²) in [5.74, 6) is -2.58. The van der Waals surface area contributed by atoms with Crippen LogP contribution in [0.15, 0.2) is 24.5 Å². The average molecular weight is 551 g/mol. The van der Waals surface area contributed by atoms with Gasteiger partial charge in [0.2, 0.25) is 5.95 Å². The number of amides is 2. The Bertz CT molecular complexity index is 1240. The number of aromatic nitrogens is 3. The summed E-state index contributed by atoms with van der Waals surface area (Å²) in [7, 11) is 0. The number of hydrogen-bond donors (Lipinski definition) is 1. The normalized spacial score (nSPS) is 22.4. The minimum absolute atomic E-state index is 0.0298. The maximum absolute atomic E-state index is 13.3. The highest BCUT2D eigenvalue weighted by atomic mass is 19.4. The molecular weight excluding hydrogens is 521 g/mol. The van der Waals surface area contributed by atoms with Crippen molar-refractivity contribution in [2.75, 3.05) is 41.4 Å². The molecule has 39 heavy (non-hydrogen) atoms. The summed E-state index contributed by atoms with van der Waals surface area (Å²) >= 11 is 0. The molecule has 5 rings (SSSR count). The van der Waals surface area contributed by atoms with Gasteiger partial charge in [-0.25, -0.2) is 19.7 Å². The smallest absolute Gasteiger partial charge is 0.391 e. The van der Waals surface area contributed by atoms with Crippen molar-refractivity contribution in [2.45, 2.75) is 57.7 Å². The minimum atomic E-state index is -4.49. The van der Waals surface area contributed by atoms with Gasteiger partial charge in [-0.3, -0.25) is 15.0 Å². The number of carbonyl (C=O) groups excluding carboxylic acids is 2. The van der Waals surface area contributed by atoms with Gasteiger partial charge in [0, 0.05) is 19.5 Å². The van der Waals surface area contributed by atoms with Crippen molar-refractivity contribution >= 4 is 29.3 Å². The molecule has 2 aromatic rings. The van der Waals surface area contributed by atoms with Crippen LogP contribution in [0.1, 0.15) is 44.1 Å². The van der Waals surface area contributed by atoms with Gasteiger partial charge in [0.05, 0.1) is 36.6 Å². The van der Waals surface area contributed by atoms with E-state index in [0.29, 0.717) is 37.6 Å². The Morgan fingerprint density at radius 2 is 2.00 bits per heavy atom. The molecule has 0 aromatic carbocycles. The van der Waals surface area contributed by atoms with Crippen LogP contribution < -0.4 is 19.9 Å². The highest BCUT2D eigenvalue weighted by Crippen LogP contribution is 2.39. The van der Waals surface area contributed by atoms with Crippen molar-refractivity contribution in [3.05, 3.63) is 30.2 Å².